The van der Waals surface area contributed by atoms with E-state index in [1.165, 1.54) is 12.0 Å². The summed E-state index contributed by atoms with van der Waals surface area (Å²) in [5, 5.41) is 0. The number of rotatable bonds is 4. The molecule has 0 N–H and O–H groups in total. The monoisotopic (exact) mass is 220 g/mol. The average Bonchev–Trinajstić information content (AvgIpc) is 2.16. The van der Waals surface area contributed by atoms with Crippen LogP contribution in [0.3, 0.4) is 0 Å². The lowest BCUT2D eigenvalue weighted by Crippen LogP contribution is -2.21. The first-order valence-corrected chi connectivity index (χ1v) is 6.34. The molecular formula is C15H24O. The van der Waals surface area contributed by atoms with Gasteiger partial charge in [-0.25, -0.2) is 0 Å². The molecular weight excluding hydrogens is 196 g/mol. The van der Waals surface area contributed by atoms with E-state index in [0.717, 1.165) is 19.3 Å². The van der Waals surface area contributed by atoms with E-state index in [1.807, 2.05) is 0 Å². The highest BCUT2D eigenvalue weighted by molar-refractivity contribution is 5.79. The topological polar surface area (TPSA) is 17.1 Å². The van der Waals surface area contributed by atoms with Gasteiger partial charge in [-0.3, -0.25) is 4.79 Å². The fourth-order valence-corrected chi connectivity index (χ4v) is 2.50. The number of hydrogen-bond acceptors (Lipinski definition) is 1. The molecule has 16 heavy (non-hydrogen) atoms. The van der Waals surface area contributed by atoms with Crippen molar-refractivity contribution in [3.05, 3.63) is 23.3 Å². The van der Waals surface area contributed by atoms with E-state index in [-0.39, 0.29) is 5.92 Å². The third-order valence-electron chi connectivity index (χ3n) is 3.45. The molecule has 0 heterocycles. The van der Waals surface area contributed by atoms with Crippen molar-refractivity contribution in [2.75, 3.05) is 0 Å². The Morgan fingerprint density at radius 1 is 1.44 bits per heavy atom. The summed E-state index contributed by atoms with van der Waals surface area (Å²) in [5.41, 5.74) is 2.94. The molecule has 0 spiro atoms. The van der Waals surface area contributed by atoms with E-state index in [1.54, 1.807) is 12.5 Å². The van der Waals surface area contributed by atoms with Crippen LogP contribution in [0.4, 0.5) is 0 Å². The van der Waals surface area contributed by atoms with Crippen LogP contribution < -0.4 is 0 Å². The summed E-state index contributed by atoms with van der Waals surface area (Å²) < 4.78 is 0. The molecule has 0 aliphatic heterocycles. The fourth-order valence-electron chi connectivity index (χ4n) is 2.50. The van der Waals surface area contributed by atoms with E-state index in [4.69, 9.17) is 0 Å². The third kappa shape index (κ3) is 3.96. The molecule has 0 amide bonds. The maximum atomic E-state index is 11.4. The second-order valence-corrected chi connectivity index (χ2v) is 5.26. The van der Waals surface area contributed by atoms with Crippen LogP contribution in [0.15, 0.2) is 23.3 Å². The van der Waals surface area contributed by atoms with Gasteiger partial charge in [-0.05, 0) is 52.4 Å². The molecule has 1 rings (SSSR count). The molecule has 90 valence electrons. The normalized spacial score (nSPS) is 24.9. The van der Waals surface area contributed by atoms with Crippen molar-refractivity contribution in [3.63, 3.8) is 0 Å². The number of Topliss-reactive ketones (excluding diaryl/α,β-unsaturated/α-hetero) is 1. The van der Waals surface area contributed by atoms with Crippen molar-refractivity contribution >= 4 is 5.78 Å². The highest BCUT2D eigenvalue weighted by Crippen LogP contribution is 2.31. The molecule has 0 bridgehead atoms. The molecule has 1 nitrogen and oxygen atoms in total. The average molecular weight is 220 g/mol. The number of hydrogen-bond donors (Lipinski definition) is 0. The molecule has 0 aromatic heterocycles. The third-order valence-corrected chi connectivity index (χ3v) is 3.45. The first kappa shape index (κ1) is 13.2. The van der Waals surface area contributed by atoms with Gasteiger partial charge in [-0.2, -0.15) is 0 Å². The number of carbonyl (C=O) groups excluding carboxylic acids is 1. The highest BCUT2D eigenvalue weighted by atomic mass is 16.1. The van der Waals surface area contributed by atoms with Gasteiger partial charge in [-0.1, -0.05) is 30.2 Å². The smallest absolute Gasteiger partial charge is 0.133 e. The maximum Gasteiger partial charge on any atom is 0.133 e. The van der Waals surface area contributed by atoms with Crippen LogP contribution in [-0.2, 0) is 4.79 Å². The minimum absolute atomic E-state index is 0.271. The SMILES string of the molecule is CC(=O)[C@@H]1CCC(CCC=C(C)C)=C[C@H]1C. The standard InChI is InChI=1S/C15H24O/c1-11(2)6-5-7-14-8-9-15(13(4)16)12(3)10-14/h6,10,12,15H,5,7-9H2,1-4H3/t12-,15-/m1/s1. The zero-order valence-electron chi connectivity index (χ0n) is 11.0. The van der Waals surface area contributed by atoms with Crippen molar-refractivity contribution in [1.82, 2.24) is 0 Å². The molecule has 0 unspecified atom stereocenters. The first-order valence-electron chi connectivity index (χ1n) is 6.34. The van der Waals surface area contributed by atoms with Gasteiger partial charge in [0.1, 0.15) is 5.78 Å². The Bertz CT molecular complexity index is 305. The van der Waals surface area contributed by atoms with Gasteiger partial charge < -0.3 is 0 Å². The lowest BCUT2D eigenvalue weighted by Gasteiger charge is -2.25. The number of ketones is 1. The van der Waals surface area contributed by atoms with Crippen molar-refractivity contribution in [1.29, 1.82) is 0 Å². The van der Waals surface area contributed by atoms with Crippen LogP contribution in [0.2, 0.25) is 0 Å². The summed E-state index contributed by atoms with van der Waals surface area (Å²) in [6.45, 7) is 8.18. The van der Waals surface area contributed by atoms with Crippen LogP contribution in [0.1, 0.15) is 53.4 Å². The molecule has 0 radical (unpaired) electrons. The molecule has 1 aliphatic rings. The van der Waals surface area contributed by atoms with Gasteiger partial charge in [0.05, 0.1) is 0 Å². The Morgan fingerprint density at radius 2 is 2.12 bits per heavy atom. The minimum atomic E-state index is 0.271. The van der Waals surface area contributed by atoms with Crippen molar-refractivity contribution in [3.8, 4) is 0 Å². The van der Waals surface area contributed by atoms with Crippen LogP contribution in [-0.4, -0.2) is 5.78 Å². The Kier molecular flexibility index (Phi) is 4.98. The van der Waals surface area contributed by atoms with Crippen molar-refractivity contribution in [2.24, 2.45) is 11.8 Å². The summed E-state index contributed by atoms with van der Waals surface area (Å²) in [7, 11) is 0. The molecule has 0 aromatic carbocycles. The zero-order chi connectivity index (χ0) is 12.1. The maximum absolute atomic E-state index is 11.4. The van der Waals surface area contributed by atoms with Crippen LogP contribution in [0.5, 0.6) is 0 Å². The van der Waals surface area contributed by atoms with E-state index in [2.05, 4.69) is 32.9 Å². The summed E-state index contributed by atoms with van der Waals surface area (Å²) >= 11 is 0. The summed E-state index contributed by atoms with van der Waals surface area (Å²) in [6, 6.07) is 0. The van der Waals surface area contributed by atoms with Gasteiger partial charge in [0, 0.05) is 5.92 Å². The fraction of sp³-hybridized carbons (Fsp3) is 0.667. The predicted octanol–water partition coefficient (Wildman–Crippen LogP) is 4.29. The van der Waals surface area contributed by atoms with Gasteiger partial charge >= 0.3 is 0 Å². The van der Waals surface area contributed by atoms with Gasteiger partial charge in [0.2, 0.25) is 0 Å². The van der Waals surface area contributed by atoms with E-state index >= 15 is 0 Å². The molecule has 0 aromatic rings. The first-order chi connectivity index (χ1) is 7.50. The molecule has 1 heteroatoms. The van der Waals surface area contributed by atoms with Crippen molar-refractivity contribution < 1.29 is 4.79 Å². The van der Waals surface area contributed by atoms with Gasteiger partial charge in [0.25, 0.3) is 0 Å². The molecule has 2 atom stereocenters. The number of allylic oxidation sites excluding steroid dienone is 4. The summed E-state index contributed by atoms with van der Waals surface area (Å²) in [5.74, 6) is 1.06. The second-order valence-electron chi connectivity index (χ2n) is 5.26. The van der Waals surface area contributed by atoms with E-state index < -0.39 is 0 Å². The molecule has 0 saturated heterocycles. The van der Waals surface area contributed by atoms with E-state index in [0.29, 0.717) is 11.7 Å². The van der Waals surface area contributed by atoms with Gasteiger partial charge in [-0.15, -0.1) is 0 Å². The minimum Gasteiger partial charge on any atom is -0.300 e. The van der Waals surface area contributed by atoms with E-state index in [9.17, 15) is 4.79 Å². The highest BCUT2D eigenvalue weighted by Gasteiger charge is 2.24. The predicted molar refractivity (Wildman–Crippen MR) is 69.3 cm³/mol. The summed E-state index contributed by atoms with van der Waals surface area (Å²) in [6.07, 6.45) is 9.10. The molecule has 0 fully saturated rings. The largest absolute Gasteiger partial charge is 0.300 e. The quantitative estimate of drug-likeness (QED) is 0.646. The molecule has 1 aliphatic carbocycles. The van der Waals surface area contributed by atoms with Crippen LogP contribution >= 0.6 is 0 Å². The Balaban J connectivity index is 2.49. The summed E-state index contributed by atoms with van der Waals surface area (Å²) in [4.78, 5) is 11.4. The second kappa shape index (κ2) is 6.03. The van der Waals surface area contributed by atoms with Crippen molar-refractivity contribution in [2.45, 2.75) is 53.4 Å². The Hall–Kier alpha value is -0.850. The Labute approximate surface area is 99.6 Å². The van der Waals surface area contributed by atoms with Crippen LogP contribution in [0, 0.1) is 11.8 Å². The zero-order valence-corrected chi connectivity index (χ0v) is 11.0. The number of carbonyl (C=O) groups is 1. The lowest BCUT2D eigenvalue weighted by atomic mass is 9.79. The Morgan fingerprint density at radius 3 is 2.62 bits per heavy atom. The molecule has 0 saturated carbocycles. The van der Waals surface area contributed by atoms with Crippen LogP contribution in [0.25, 0.3) is 0 Å². The lowest BCUT2D eigenvalue weighted by molar-refractivity contribution is -0.122. The van der Waals surface area contributed by atoms with Gasteiger partial charge in [0.15, 0.2) is 0 Å².